The number of ether oxygens (including phenoxy) is 3. The number of carbonyl (C=O) groups is 3. The van der Waals surface area contributed by atoms with Gasteiger partial charge in [-0.15, -0.1) is 0 Å². The van der Waals surface area contributed by atoms with E-state index >= 15 is 0 Å². The van der Waals surface area contributed by atoms with Crippen molar-refractivity contribution in [1.82, 2.24) is 0 Å². The minimum atomic E-state index is -0.944. The van der Waals surface area contributed by atoms with Crippen molar-refractivity contribution >= 4 is 18.1 Å². The van der Waals surface area contributed by atoms with E-state index < -0.39 is 24.4 Å². The second-order valence-corrected chi connectivity index (χ2v) is 5.35. The van der Waals surface area contributed by atoms with Crippen molar-refractivity contribution in [3.05, 3.63) is 0 Å². The van der Waals surface area contributed by atoms with Crippen LogP contribution in [0, 0.1) is 0 Å². The molecule has 0 bridgehead atoms. The molecule has 0 radical (unpaired) electrons. The highest BCUT2D eigenvalue weighted by molar-refractivity contribution is 5.69. The van der Waals surface area contributed by atoms with Crippen molar-refractivity contribution in [2.24, 2.45) is 0 Å². The summed E-state index contributed by atoms with van der Waals surface area (Å²) in [6.07, 6.45) is 6.38. The fourth-order valence-corrected chi connectivity index (χ4v) is 2.06. The van der Waals surface area contributed by atoms with Gasteiger partial charge in [-0.05, 0) is 12.8 Å². The average molecular weight is 332 g/mol. The van der Waals surface area contributed by atoms with Crippen molar-refractivity contribution in [3.63, 3.8) is 0 Å². The van der Waals surface area contributed by atoms with E-state index in [1.54, 1.807) is 0 Å². The standard InChI is InChI=1S/C16H28O7/c1-13(23-16(20)21-2)22-15(19)12-10-8-6-4-3-5-7-9-11-14(17)18/h13H,3-12H2,1-2H3,(H,17,18). The van der Waals surface area contributed by atoms with Crippen molar-refractivity contribution in [2.45, 2.75) is 77.4 Å². The first kappa shape index (κ1) is 21.2. The molecule has 7 nitrogen and oxygen atoms in total. The topological polar surface area (TPSA) is 99.1 Å². The fraction of sp³-hybridized carbons (Fsp3) is 0.812. The molecule has 1 unspecified atom stereocenters. The Morgan fingerprint density at radius 2 is 1.30 bits per heavy atom. The van der Waals surface area contributed by atoms with Crippen LogP contribution >= 0.6 is 0 Å². The van der Waals surface area contributed by atoms with Crippen LogP contribution in [0.1, 0.15) is 71.1 Å². The maximum absolute atomic E-state index is 11.5. The lowest BCUT2D eigenvalue weighted by Gasteiger charge is -2.12. The molecule has 0 aromatic rings. The van der Waals surface area contributed by atoms with E-state index in [1.165, 1.54) is 14.0 Å². The SMILES string of the molecule is COC(=O)OC(C)OC(=O)CCCCCCCCCCC(=O)O. The van der Waals surface area contributed by atoms with E-state index in [4.69, 9.17) is 9.84 Å². The zero-order valence-electron chi connectivity index (χ0n) is 14.0. The number of hydrogen-bond acceptors (Lipinski definition) is 6. The maximum Gasteiger partial charge on any atom is 0.511 e. The van der Waals surface area contributed by atoms with Gasteiger partial charge in [0.25, 0.3) is 0 Å². The van der Waals surface area contributed by atoms with Gasteiger partial charge in [-0.2, -0.15) is 0 Å². The van der Waals surface area contributed by atoms with E-state index in [1.807, 2.05) is 0 Å². The molecule has 0 saturated heterocycles. The highest BCUT2D eigenvalue weighted by Gasteiger charge is 2.13. The van der Waals surface area contributed by atoms with E-state index in [9.17, 15) is 14.4 Å². The van der Waals surface area contributed by atoms with Crippen LogP contribution in [0.5, 0.6) is 0 Å². The molecule has 0 aliphatic heterocycles. The maximum atomic E-state index is 11.5. The van der Waals surface area contributed by atoms with Crippen LogP contribution in [-0.2, 0) is 23.8 Å². The van der Waals surface area contributed by atoms with E-state index in [0.717, 1.165) is 51.4 Å². The van der Waals surface area contributed by atoms with Gasteiger partial charge in [-0.1, -0.05) is 38.5 Å². The van der Waals surface area contributed by atoms with E-state index in [2.05, 4.69) is 9.47 Å². The van der Waals surface area contributed by atoms with Gasteiger partial charge in [0, 0.05) is 19.8 Å². The third-order valence-corrected chi connectivity index (χ3v) is 3.25. The molecule has 0 spiro atoms. The first-order chi connectivity index (χ1) is 11.0. The van der Waals surface area contributed by atoms with Gasteiger partial charge in [0.1, 0.15) is 0 Å². The van der Waals surface area contributed by atoms with E-state index in [0.29, 0.717) is 6.42 Å². The number of carboxylic acid groups (broad SMARTS) is 1. The summed E-state index contributed by atoms with van der Waals surface area (Å²) in [5.41, 5.74) is 0. The molecule has 7 heteroatoms. The predicted molar refractivity (Wildman–Crippen MR) is 82.8 cm³/mol. The Morgan fingerprint density at radius 3 is 1.78 bits per heavy atom. The predicted octanol–water partition coefficient (Wildman–Crippen LogP) is 3.64. The van der Waals surface area contributed by atoms with Crippen molar-refractivity contribution in [1.29, 1.82) is 0 Å². The minimum absolute atomic E-state index is 0.250. The summed E-state index contributed by atoms with van der Waals surface area (Å²) in [4.78, 5) is 32.6. The summed E-state index contributed by atoms with van der Waals surface area (Å²) in [5, 5.41) is 8.50. The summed E-state index contributed by atoms with van der Waals surface area (Å²) in [7, 11) is 1.18. The molecular weight excluding hydrogens is 304 g/mol. The summed E-state index contributed by atoms with van der Waals surface area (Å²) in [6, 6.07) is 0. The number of methoxy groups -OCH3 is 1. The number of unbranched alkanes of at least 4 members (excludes halogenated alkanes) is 7. The van der Waals surface area contributed by atoms with Crippen LogP contribution in [0.2, 0.25) is 0 Å². The lowest BCUT2D eigenvalue weighted by Crippen LogP contribution is -2.21. The molecule has 0 aromatic heterocycles. The summed E-state index contributed by atoms with van der Waals surface area (Å²) in [5.74, 6) is -1.13. The Hall–Kier alpha value is -1.79. The fourth-order valence-electron chi connectivity index (χ4n) is 2.06. The molecule has 1 N–H and O–H groups in total. The van der Waals surface area contributed by atoms with Crippen LogP contribution in [0.4, 0.5) is 4.79 Å². The lowest BCUT2D eigenvalue weighted by molar-refractivity contribution is -0.167. The number of aliphatic carboxylic acids is 1. The molecule has 0 aliphatic rings. The van der Waals surface area contributed by atoms with Gasteiger partial charge in [0.2, 0.25) is 6.29 Å². The monoisotopic (exact) mass is 332 g/mol. The normalized spacial score (nSPS) is 11.6. The molecular formula is C16H28O7. The Labute approximate surface area is 137 Å². The third kappa shape index (κ3) is 14.9. The Bertz CT molecular complexity index is 354. The highest BCUT2D eigenvalue weighted by Crippen LogP contribution is 2.11. The molecule has 0 saturated carbocycles. The summed E-state index contributed by atoms with van der Waals surface area (Å²) >= 11 is 0. The number of carboxylic acids is 1. The van der Waals surface area contributed by atoms with Gasteiger partial charge in [-0.3, -0.25) is 9.59 Å². The van der Waals surface area contributed by atoms with Crippen LogP contribution in [0.15, 0.2) is 0 Å². The Kier molecular flexibility index (Phi) is 12.8. The Balaban J connectivity index is 3.38. The van der Waals surface area contributed by atoms with Gasteiger partial charge >= 0.3 is 18.1 Å². The lowest BCUT2D eigenvalue weighted by atomic mass is 10.1. The number of esters is 1. The molecule has 23 heavy (non-hydrogen) atoms. The number of hydrogen-bond donors (Lipinski definition) is 1. The minimum Gasteiger partial charge on any atom is -0.481 e. The van der Waals surface area contributed by atoms with Crippen LogP contribution in [0.3, 0.4) is 0 Å². The molecule has 0 aromatic carbocycles. The van der Waals surface area contributed by atoms with Crippen LogP contribution in [0.25, 0.3) is 0 Å². The van der Waals surface area contributed by atoms with E-state index in [-0.39, 0.29) is 6.42 Å². The summed E-state index contributed by atoms with van der Waals surface area (Å²) < 4.78 is 13.8. The largest absolute Gasteiger partial charge is 0.511 e. The molecule has 0 amide bonds. The molecule has 134 valence electrons. The van der Waals surface area contributed by atoms with Gasteiger partial charge in [-0.25, -0.2) is 4.79 Å². The van der Waals surface area contributed by atoms with Crippen molar-refractivity contribution in [2.75, 3.05) is 7.11 Å². The quantitative estimate of drug-likeness (QED) is 0.312. The first-order valence-electron chi connectivity index (χ1n) is 8.11. The second kappa shape index (κ2) is 13.8. The molecule has 1 atom stereocenters. The first-order valence-corrected chi connectivity index (χ1v) is 8.11. The Morgan fingerprint density at radius 1 is 0.826 bits per heavy atom. The number of carbonyl (C=O) groups excluding carboxylic acids is 2. The van der Waals surface area contributed by atoms with Crippen molar-refractivity contribution in [3.8, 4) is 0 Å². The summed E-state index contributed by atoms with van der Waals surface area (Å²) in [6.45, 7) is 1.46. The third-order valence-electron chi connectivity index (χ3n) is 3.25. The van der Waals surface area contributed by atoms with Gasteiger partial charge in [0.15, 0.2) is 0 Å². The van der Waals surface area contributed by atoms with Crippen LogP contribution < -0.4 is 0 Å². The second-order valence-electron chi connectivity index (χ2n) is 5.35. The molecule has 0 aliphatic carbocycles. The highest BCUT2D eigenvalue weighted by atomic mass is 16.8. The number of rotatable bonds is 13. The average Bonchev–Trinajstić information content (AvgIpc) is 2.48. The zero-order valence-corrected chi connectivity index (χ0v) is 14.0. The molecule has 0 heterocycles. The van der Waals surface area contributed by atoms with Gasteiger partial charge in [0.05, 0.1) is 7.11 Å². The van der Waals surface area contributed by atoms with Crippen molar-refractivity contribution < 1.29 is 33.7 Å². The zero-order chi connectivity index (χ0) is 17.5. The molecule has 0 fully saturated rings. The van der Waals surface area contributed by atoms with Gasteiger partial charge < -0.3 is 19.3 Å². The smallest absolute Gasteiger partial charge is 0.481 e. The molecule has 0 rings (SSSR count). The van der Waals surface area contributed by atoms with Crippen LogP contribution in [-0.4, -0.2) is 36.6 Å².